The number of rotatable bonds is 5. The number of benzene rings is 1. The maximum Gasteiger partial charge on any atom is 0.292 e. The monoisotopic (exact) mass is 264 g/mol. The van der Waals surface area contributed by atoms with Crippen molar-refractivity contribution in [3.05, 3.63) is 58.3 Å². The molecule has 0 amide bonds. The number of nitro benzene ring substituents is 1. The molecule has 0 spiro atoms. The molecule has 1 atom stereocenters. The first-order valence-corrected chi connectivity index (χ1v) is 5.79. The zero-order valence-electron chi connectivity index (χ0n) is 10.3. The molecular weight excluding hydrogens is 251 g/mol. The van der Waals surface area contributed by atoms with Gasteiger partial charge in [-0.15, -0.1) is 0 Å². The van der Waals surface area contributed by atoms with E-state index in [1.165, 1.54) is 0 Å². The molecule has 0 aliphatic carbocycles. The molecule has 0 fully saturated rings. The van der Waals surface area contributed by atoms with E-state index in [0.29, 0.717) is 6.42 Å². The summed E-state index contributed by atoms with van der Waals surface area (Å²) in [5.41, 5.74) is 0.0248. The summed E-state index contributed by atoms with van der Waals surface area (Å²) in [7, 11) is 0. The number of anilines is 1. The number of nitrogens with one attached hydrogen (secondary N) is 1. The summed E-state index contributed by atoms with van der Waals surface area (Å²) in [6, 6.07) is 6.81. The Hall–Kier alpha value is -2.37. The number of furan rings is 1. The molecule has 19 heavy (non-hydrogen) atoms. The highest BCUT2D eigenvalue weighted by atomic mass is 19.1. The molecule has 0 saturated heterocycles. The van der Waals surface area contributed by atoms with Crippen LogP contribution in [0.4, 0.5) is 15.8 Å². The lowest BCUT2D eigenvalue weighted by molar-refractivity contribution is -0.384. The van der Waals surface area contributed by atoms with Crippen molar-refractivity contribution in [3.63, 3.8) is 0 Å². The van der Waals surface area contributed by atoms with Crippen molar-refractivity contribution in [1.29, 1.82) is 0 Å². The topological polar surface area (TPSA) is 68.3 Å². The van der Waals surface area contributed by atoms with Gasteiger partial charge in [0.1, 0.15) is 17.3 Å². The molecule has 1 aromatic heterocycles. The summed E-state index contributed by atoms with van der Waals surface area (Å²) in [4.78, 5) is 10.3. The van der Waals surface area contributed by atoms with Gasteiger partial charge in [0.25, 0.3) is 5.69 Å². The molecule has 1 heterocycles. The molecule has 1 unspecified atom stereocenters. The van der Waals surface area contributed by atoms with Crippen molar-refractivity contribution in [3.8, 4) is 0 Å². The van der Waals surface area contributed by atoms with E-state index in [-0.39, 0.29) is 17.4 Å². The van der Waals surface area contributed by atoms with Crippen LogP contribution in [0.25, 0.3) is 0 Å². The highest BCUT2D eigenvalue weighted by molar-refractivity contribution is 5.61. The van der Waals surface area contributed by atoms with Gasteiger partial charge in [0.2, 0.25) is 0 Å². The average Bonchev–Trinajstić information content (AvgIpc) is 2.81. The lowest BCUT2D eigenvalue weighted by atomic mass is 10.1. The van der Waals surface area contributed by atoms with E-state index in [4.69, 9.17) is 4.42 Å². The molecule has 2 aromatic rings. The molecule has 100 valence electrons. The number of hydrogen-bond donors (Lipinski definition) is 1. The third kappa shape index (κ3) is 3.31. The zero-order valence-corrected chi connectivity index (χ0v) is 10.3. The molecule has 0 saturated carbocycles. The smallest absolute Gasteiger partial charge is 0.292 e. The molecule has 5 nitrogen and oxygen atoms in total. The summed E-state index contributed by atoms with van der Waals surface area (Å²) in [6.07, 6.45) is 2.12. The van der Waals surface area contributed by atoms with Gasteiger partial charge in [0, 0.05) is 24.6 Å². The minimum absolute atomic E-state index is 0.119. The van der Waals surface area contributed by atoms with E-state index >= 15 is 0 Å². The van der Waals surface area contributed by atoms with Crippen molar-refractivity contribution < 1.29 is 13.7 Å². The Balaban J connectivity index is 2.13. The third-order valence-corrected chi connectivity index (χ3v) is 2.64. The first-order chi connectivity index (χ1) is 9.06. The Morgan fingerprint density at radius 2 is 2.26 bits per heavy atom. The second-order valence-corrected chi connectivity index (χ2v) is 4.25. The van der Waals surface area contributed by atoms with Crippen LogP contribution in [0.5, 0.6) is 0 Å². The first-order valence-electron chi connectivity index (χ1n) is 5.79. The Kier molecular flexibility index (Phi) is 3.79. The van der Waals surface area contributed by atoms with Gasteiger partial charge in [-0.25, -0.2) is 4.39 Å². The average molecular weight is 264 g/mol. The quantitative estimate of drug-likeness (QED) is 0.664. The van der Waals surface area contributed by atoms with Crippen LogP contribution in [0.2, 0.25) is 0 Å². The lowest BCUT2D eigenvalue weighted by Crippen LogP contribution is -2.18. The maximum atomic E-state index is 13.2. The van der Waals surface area contributed by atoms with E-state index in [1.807, 2.05) is 13.0 Å². The predicted octanol–water partition coefficient (Wildman–Crippen LogP) is 3.37. The largest absolute Gasteiger partial charge is 0.469 e. The van der Waals surface area contributed by atoms with E-state index in [0.717, 1.165) is 24.0 Å². The molecule has 1 aromatic carbocycles. The third-order valence-electron chi connectivity index (χ3n) is 2.64. The van der Waals surface area contributed by atoms with Gasteiger partial charge in [0.15, 0.2) is 0 Å². The van der Waals surface area contributed by atoms with Gasteiger partial charge >= 0.3 is 0 Å². The van der Waals surface area contributed by atoms with Crippen molar-refractivity contribution >= 4 is 11.4 Å². The van der Waals surface area contributed by atoms with Crippen LogP contribution in [0.15, 0.2) is 41.0 Å². The summed E-state index contributed by atoms with van der Waals surface area (Å²) in [6.45, 7) is 1.84. The summed E-state index contributed by atoms with van der Waals surface area (Å²) >= 11 is 0. The highest BCUT2D eigenvalue weighted by Gasteiger charge is 2.16. The Morgan fingerprint density at radius 3 is 2.89 bits per heavy atom. The number of nitro groups is 1. The molecule has 0 aliphatic heterocycles. The van der Waals surface area contributed by atoms with Gasteiger partial charge in [-0.1, -0.05) is 0 Å². The van der Waals surface area contributed by atoms with Crippen molar-refractivity contribution in [2.75, 3.05) is 5.32 Å². The van der Waals surface area contributed by atoms with Crippen LogP contribution >= 0.6 is 0 Å². The van der Waals surface area contributed by atoms with Crippen LogP contribution in [0.1, 0.15) is 12.7 Å². The minimum Gasteiger partial charge on any atom is -0.469 e. The molecule has 1 N–H and O–H groups in total. The van der Waals surface area contributed by atoms with Gasteiger partial charge < -0.3 is 9.73 Å². The van der Waals surface area contributed by atoms with Crippen molar-refractivity contribution in [2.45, 2.75) is 19.4 Å². The second kappa shape index (κ2) is 5.51. The molecule has 0 radical (unpaired) electrons. The van der Waals surface area contributed by atoms with E-state index in [9.17, 15) is 14.5 Å². The number of hydrogen-bond acceptors (Lipinski definition) is 4. The summed E-state index contributed by atoms with van der Waals surface area (Å²) in [5, 5.41) is 13.8. The standard InChI is InChI=1S/C13H13FN2O3/c1-9(7-11-3-2-6-19-11)15-12-8-10(14)4-5-13(12)16(17)18/h2-6,8-9,15H,7H2,1H3. The molecule has 6 heteroatoms. The molecule has 0 aliphatic rings. The summed E-state index contributed by atoms with van der Waals surface area (Å²) < 4.78 is 18.4. The predicted molar refractivity (Wildman–Crippen MR) is 68.6 cm³/mol. The SMILES string of the molecule is CC(Cc1ccco1)Nc1cc(F)ccc1[N+](=O)[O-]. The molecule has 0 bridgehead atoms. The number of halogens is 1. The Labute approximate surface area is 109 Å². The maximum absolute atomic E-state index is 13.2. The van der Waals surface area contributed by atoms with Crippen molar-refractivity contribution in [1.82, 2.24) is 0 Å². The van der Waals surface area contributed by atoms with Gasteiger partial charge in [0.05, 0.1) is 11.2 Å². The van der Waals surface area contributed by atoms with Crippen LogP contribution < -0.4 is 5.32 Å². The van der Waals surface area contributed by atoms with Crippen molar-refractivity contribution in [2.24, 2.45) is 0 Å². The van der Waals surface area contributed by atoms with E-state index in [1.54, 1.807) is 12.3 Å². The van der Waals surface area contributed by atoms with Gasteiger partial charge in [-0.3, -0.25) is 10.1 Å². The minimum atomic E-state index is -0.540. The van der Waals surface area contributed by atoms with Gasteiger partial charge in [-0.05, 0) is 25.1 Å². The van der Waals surface area contributed by atoms with Crippen LogP contribution in [-0.2, 0) is 6.42 Å². The Morgan fingerprint density at radius 1 is 1.47 bits per heavy atom. The van der Waals surface area contributed by atoms with E-state index < -0.39 is 10.7 Å². The number of nitrogens with zero attached hydrogens (tertiary/aromatic N) is 1. The van der Waals surface area contributed by atoms with Crippen LogP contribution in [0, 0.1) is 15.9 Å². The normalized spacial score (nSPS) is 12.1. The second-order valence-electron chi connectivity index (χ2n) is 4.25. The summed E-state index contributed by atoms with van der Waals surface area (Å²) in [5.74, 6) is 0.248. The van der Waals surface area contributed by atoms with E-state index in [2.05, 4.69) is 5.32 Å². The Bertz CT molecular complexity index is 569. The highest BCUT2D eigenvalue weighted by Crippen LogP contribution is 2.26. The first kappa shape index (κ1) is 13.1. The fourth-order valence-electron chi connectivity index (χ4n) is 1.83. The molecular formula is C13H13FN2O3. The van der Waals surface area contributed by atoms with Gasteiger partial charge in [-0.2, -0.15) is 0 Å². The van der Waals surface area contributed by atoms with Crippen LogP contribution in [-0.4, -0.2) is 11.0 Å². The lowest BCUT2D eigenvalue weighted by Gasteiger charge is -2.14. The molecule has 2 rings (SSSR count). The fraction of sp³-hybridized carbons (Fsp3) is 0.231. The zero-order chi connectivity index (χ0) is 13.8. The van der Waals surface area contributed by atoms with Crippen LogP contribution in [0.3, 0.4) is 0 Å². The fourth-order valence-corrected chi connectivity index (χ4v) is 1.83.